The fraction of sp³-hybridized carbons (Fsp3) is 0.0952. The molecular weight excluding hydrogens is 362 g/mol. The first-order chi connectivity index (χ1) is 12.7. The third-order valence-corrected chi connectivity index (χ3v) is 6.13. The van der Waals surface area contributed by atoms with Crippen molar-refractivity contribution in [3.05, 3.63) is 82.1 Å². The molecule has 2 aromatic carbocycles. The predicted molar refractivity (Wildman–Crippen MR) is 109 cm³/mol. The van der Waals surface area contributed by atoms with Gasteiger partial charge in [0, 0.05) is 27.2 Å². The fourth-order valence-electron chi connectivity index (χ4n) is 2.81. The molecule has 1 aliphatic heterocycles. The summed E-state index contributed by atoms with van der Waals surface area (Å²) in [5.41, 5.74) is 3.10. The van der Waals surface area contributed by atoms with E-state index < -0.39 is 0 Å². The average Bonchev–Trinajstić information content (AvgIpc) is 3.10. The largest absolute Gasteiger partial charge is 0.497 e. The number of carbonyl (C=O) groups is 1. The molecule has 5 heteroatoms. The highest BCUT2D eigenvalue weighted by atomic mass is 32.2. The number of hydrogen-bond donors (Lipinski definition) is 1. The van der Waals surface area contributed by atoms with E-state index in [0.717, 1.165) is 33.2 Å². The maximum atomic E-state index is 12.3. The Morgan fingerprint density at radius 3 is 2.65 bits per heavy atom. The lowest BCUT2D eigenvalue weighted by Gasteiger charge is -2.10. The quantitative estimate of drug-likeness (QED) is 0.657. The van der Waals surface area contributed by atoms with Crippen molar-refractivity contribution in [1.29, 1.82) is 0 Å². The van der Waals surface area contributed by atoms with Crippen molar-refractivity contribution in [2.75, 3.05) is 12.4 Å². The SMILES string of the molecule is COc1ccc(C2=CC(=O)Nc3ccc(Cc4cccs4)cc3S2)cc1. The van der Waals surface area contributed by atoms with Gasteiger partial charge in [-0.25, -0.2) is 0 Å². The van der Waals surface area contributed by atoms with E-state index in [9.17, 15) is 4.79 Å². The molecule has 3 aromatic rings. The Labute approximate surface area is 160 Å². The van der Waals surface area contributed by atoms with E-state index in [2.05, 4.69) is 35.0 Å². The maximum absolute atomic E-state index is 12.3. The molecule has 1 aromatic heterocycles. The van der Waals surface area contributed by atoms with Crippen LogP contribution in [0.15, 0.2) is 70.9 Å². The summed E-state index contributed by atoms with van der Waals surface area (Å²) >= 11 is 3.38. The molecule has 26 heavy (non-hydrogen) atoms. The van der Waals surface area contributed by atoms with Crippen LogP contribution in [0.5, 0.6) is 5.75 Å². The van der Waals surface area contributed by atoms with Gasteiger partial charge in [0.05, 0.1) is 12.8 Å². The third-order valence-electron chi connectivity index (χ3n) is 4.12. The summed E-state index contributed by atoms with van der Waals surface area (Å²) in [4.78, 5) is 15.6. The number of amides is 1. The highest BCUT2D eigenvalue weighted by molar-refractivity contribution is 8.08. The number of anilines is 1. The molecular formula is C21H17NO2S2. The Balaban J connectivity index is 1.65. The molecule has 0 unspecified atom stereocenters. The number of fused-ring (bicyclic) bond motifs is 1. The van der Waals surface area contributed by atoms with Gasteiger partial charge in [0.2, 0.25) is 5.91 Å². The number of ether oxygens (including phenoxy) is 1. The zero-order valence-electron chi connectivity index (χ0n) is 14.2. The van der Waals surface area contributed by atoms with Gasteiger partial charge in [-0.3, -0.25) is 4.79 Å². The van der Waals surface area contributed by atoms with Crippen molar-refractivity contribution >= 4 is 39.6 Å². The molecule has 0 fully saturated rings. The van der Waals surface area contributed by atoms with E-state index in [1.54, 1.807) is 36.3 Å². The molecule has 2 heterocycles. The number of thioether (sulfide) groups is 1. The van der Waals surface area contributed by atoms with Gasteiger partial charge in [-0.1, -0.05) is 36.0 Å². The van der Waals surface area contributed by atoms with Crippen LogP contribution in [-0.4, -0.2) is 13.0 Å². The van der Waals surface area contributed by atoms with Gasteiger partial charge in [-0.05, 0) is 46.8 Å². The number of methoxy groups -OCH3 is 1. The summed E-state index contributed by atoms with van der Waals surface area (Å²) in [6.45, 7) is 0. The Kier molecular flexibility index (Phi) is 4.82. The van der Waals surface area contributed by atoms with Crippen molar-refractivity contribution in [3.63, 3.8) is 0 Å². The second kappa shape index (κ2) is 7.40. The summed E-state index contributed by atoms with van der Waals surface area (Å²) in [6.07, 6.45) is 2.56. The van der Waals surface area contributed by atoms with Gasteiger partial charge in [0.25, 0.3) is 0 Å². The van der Waals surface area contributed by atoms with Crippen LogP contribution in [0.4, 0.5) is 5.69 Å². The lowest BCUT2D eigenvalue weighted by atomic mass is 10.1. The van der Waals surface area contributed by atoms with Crippen LogP contribution in [0.2, 0.25) is 0 Å². The number of nitrogens with one attached hydrogen (secondary N) is 1. The zero-order chi connectivity index (χ0) is 17.9. The van der Waals surface area contributed by atoms with E-state index in [0.29, 0.717) is 0 Å². The Bertz CT molecular complexity index is 960. The van der Waals surface area contributed by atoms with Crippen LogP contribution in [0, 0.1) is 0 Å². The van der Waals surface area contributed by atoms with Crippen molar-refractivity contribution in [3.8, 4) is 5.75 Å². The second-order valence-corrected chi connectivity index (χ2v) is 8.03. The minimum absolute atomic E-state index is 0.104. The molecule has 0 aliphatic carbocycles. The number of thiophene rings is 1. The van der Waals surface area contributed by atoms with Gasteiger partial charge < -0.3 is 10.1 Å². The summed E-state index contributed by atoms with van der Waals surface area (Å²) in [7, 11) is 1.65. The van der Waals surface area contributed by atoms with Crippen molar-refractivity contribution in [2.24, 2.45) is 0 Å². The van der Waals surface area contributed by atoms with E-state index in [1.807, 2.05) is 30.3 Å². The summed E-state index contributed by atoms with van der Waals surface area (Å²) in [5, 5.41) is 5.07. The van der Waals surface area contributed by atoms with E-state index in [1.165, 1.54) is 10.4 Å². The van der Waals surface area contributed by atoms with Gasteiger partial charge >= 0.3 is 0 Å². The normalized spacial score (nSPS) is 13.4. The average molecular weight is 380 g/mol. The Hall–Kier alpha value is -2.50. The molecule has 1 N–H and O–H groups in total. The summed E-state index contributed by atoms with van der Waals surface area (Å²) < 4.78 is 5.22. The van der Waals surface area contributed by atoms with Crippen LogP contribution in [0.3, 0.4) is 0 Å². The molecule has 0 bridgehead atoms. The standard InChI is InChI=1S/C21H17NO2S2/c1-24-16-7-5-15(6-8-16)19-13-21(23)22-18-9-4-14(12-20(18)26-19)11-17-3-2-10-25-17/h2-10,12-13H,11H2,1H3,(H,22,23). The van der Waals surface area contributed by atoms with Crippen molar-refractivity contribution in [2.45, 2.75) is 11.3 Å². The molecule has 0 spiro atoms. The molecule has 0 radical (unpaired) electrons. The van der Waals surface area contributed by atoms with Crippen molar-refractivity contribution < 1.29 is 9.53 Å². The molecule has 1 amide bonds. The van der Waals surface area contributed by atoms with Gasteiger partial charge in [0.15, 0.2) is 0 Å². The van der Waals surface area contributed by atoms with E-state index in [4.69, 9.17) is 4.74 Å². The lowest BCUT2D eigenvalue weighted by Crippen LogP contribution is -2.07. The van der Waals surface area contributed by atoms with E-state index in [-0.39, 0.29) is 5.91 Å². The van der Waals surface area contributed by atoms with Crippen LogP contribution in [0.25, 0.3) is 4.91 Å². The van der Waals surface area contributed by atoms with Crippen LogP contribution >= 0.6 is 23.1 Å². The van der Waals surface area contributed by atoms with Gasteiger partial charge in [-0.2, -0.15) is 0 Å². The minimum Gasteiger partial charge on any atom is -0.497 e. The number of rotatable bonds is 4. The highest BCUT2D eigenvalue weighted by Crippen LogP contribution is 2.41. The topological polar surface area (TPSA) is 38.3 Å². The molecule has 1 aliphatic rings. The smallest absolute Gasteiger partial charge is 0.249 e. The van der Waals surface area contributed by atoms with Crippen molar-refractivity contribution in [1.82, 2.24) is 0 Å². The molecule has 0 saturated carbocycles. The summed E-state index contributed by atoms with van der Waals surface area (Å²) in [6, 6.07) is 18.2. The number of hydrogen-bond acceptors (Lipinski definition) is 4. The fourth-order valence-corrected chi connectivity index (χ4v) is 4.65. The maximum Gasteiger partial charge on any atom is 0.249 e. The third kappa shape index (κ3) is 3.69. The van der Waals surface area contributed by atoms with Gasteiger partial charge in [0.1, 0.15) is 5.75 Å². The van der Waals surface area contributed by atoms with Gasteiger partial charge in [-0.15, -0.1) is 11.3 Å². The zero-order valence-corrected chi connectivity index (χ0v) is 15.8. The molecule has 130 valence electrons. The number of carbonyl (C=O) groups excluding carboxylic acids is 1. The lowest BCUT2D eigenvalue weighted by molar-refractivity contribution is -0.111. The summed E-state index contributed by atoms with van der Waals surface area (Å²) in [5.74, 6) is 0.698. The second-order valence-electron chi connectivity index (χ2n) is 5.92. The monoisotopic (exact) mass is 379 g/mol. The molecule has 3 nitrogen and oxygen atoms in total. The first kappa shape index (κ1) is 16.9. The molecule has 0 atom stereocenters. The van der Waals surface area contributed by atoms with Crippen LogP contribution < -0.4 is 10.1 Å². The highest BCUT2D eigenvalue weighted by Gasteiger charge is 2.17. The van der Waals surface area contributed by atoms with Crippen LogP contribution in [0.1, 0.15) is 16.0 Å². The Morgan fingerprint density at radius 2 is 1.92 bits per heavy atom. The van der Waals surface area contributed by atoms with E-state index >= 15 is 0 Å². The number of benzene rings is 2. The van der Waals surface area contributed by atoms with Crippen LogP contribution in [-0.2, 0) is 11.2 Å². The Morgan fingerprint density at radius 1 is 1.08 bits per heavy atom. The predicted octanol–water partition coefficient (Wildman–Crippen LogP) is 5.43. The first-order valence-electron chi connectivity index (χ1n) is 8.21. The first-order valence-corrected chi connectivity index (χ1v) is 9.91. The molecule has 4 rings (SSSR count). The molecule has 0 saturated heterocycles. The minimum atomic E-state index is -0.104.